The second kappa shape index (κ2) is 7.49. The summed E-state index contributed by atoms with van der Waals surface area (Å²) in [5.41, 5.74) is 5.91. The molecule has 0 fully saturated rings. The van der Waals surface area contributed by atoms with Crippen molar-refractivity contribution in [3.05, 3.63) is 77.0 Å². The minimum Gasteiger partial charge on any atom is -0.332 e. The van der Waals surface area contributed by atoms with Gasteiger partial charge in [-0.05, 0) is 67.4 Å². The molecule has 5 heteroatoms. The number of benzene rings is 2. The van der Waals surface area contributed by atoms with E-state index in [1.807, 2.05) is 29.1 Å². The van der Waals surface area contributed by atoms with Gasteiger partial charge in [-0.2, -0.15) is 5.10 Å². The number of rotatable bonds is 4. The van der Waals surface area contributed by atoms with Crippen molar-refractivity contribution in [3.8, 4) is 0 Å². The highest BCUT2D eigenvalue weighted by atomic mass is 32.1. The molecule has 4 nitrogen and oxygen atoms in total. The van der Waals surface area contributed by atoms with Crippen LogP contribution in [-0.2, 0) is 6.54 Å². The fraction of sp³-hybridized carbons (Fsp3) is 0.200. The van der Waals surface area contributed by atoms with E-state index in [9.17, 15) is 0 Å². The highest BCUT2D eigenvalue weighted by Crippen LogP contribution is 2.15. The molecule has 2 N–H and O–H groups in total. The Bertz CT molecular complexity index is 878. The summed E-state index contributed by atoms with van der Waals surface area (Å²) in [5, 5.41) is 11.4. The molecule has 0 amide bonds. The Labute approximate surface area is 153 Å². The second-order valence-electron chi connectivity index (χ2n) is 6.28. The summed E-state index contributed by atoms with van der Waals surface area (Å²) in [6.45, 7) is 7.00. The van der Waals surface area contributed by atoms with E-state index in [-0.39, 0.29) is 0 Å². The van der Waals surface area contributed by atoms with E-state index in [0.29, 0.717) is 5.11 Å². The summed E-state index contributed by atoms with van der Waals surface area (Å²) in [6, 6.07) is 16.5. The topological polar surface area (TPSA) is 41.9 Å². The maximum atomic E-state index is 5.39. The van der Waals surface area contributed by atoms with Gasteiger partial charge in [0.2, 0.25) is 0 Å². The van der Waals surface area contributed by atoms with E-state index in [4.69, 9.17) is 12.2 Å². The van der Waals surface area contributed by atoms with Crippen molar-refractivity contribution in [1.82, 2.24) is 9.78 Å². The lowest BCUT2D eigenvalue weighted by molar-refractivity contribution is 0.687. The quantitative estimate of drug-likeness (QED) is 0.671. The fourth-order valence-corrected chi connectivity index (χ4v) is 3.03. The minimum atomic E-state index is 0.533. The Hall–Kier alpha value is -2.66. The highest BCUT2D eigenvalue weighted by Gasteiger charge is 2.05. The lowest BCUT2D eigenvalue weighted by atomic mass is 10.1. The Morgan fingerprint density at radius 3 is 2.44 bits per heavy atom. The van der Waals surface area contributed by atoms with Crippen molar-refractivity contribution in [2.45, 2.75) is 27.3 Å². The molecule has 0 aliphatic rings. The van der Waals surface area contributed by atoms with Crippen LogP contribution in [0.2, 0.25) is 0 Å². The first-order valence-corrected chi connectivity index (χ1v) is 8.65. The van der Waals surface area contributed by atoms with Crippen molar-refractivity contribution < 1.29 is 0 Å². The number of thiocarbonyl (C=S) groups is 1. The molecule has 128 valence electrons. The molecular formula is C20H22N4S. The molecule has 3 rings (SSSR count). The van der Waals surface area contributed by atoms with E-state index in [0.717, 1.165) is 18.1 Å². The van der Waals surface area contributed by atoms with Crippen LogP contribution in [0.4, 0.5) is 11.5 Å². The number of anilines is 2. The Morgan fingerprint density at radius 1 is 1.00 bits per heavy atom. The average Bonchev–Trinajstić information content (AvgIpc) is 2.95. The van der Waals surface area contributed by atoms with E-state index in [1.54, 1.807) is 0 Å². The Balaban J connectivity index is 1.63. The summed E-state index contributed by atoms with van der Waals surface area (Å²) >= 11 is 5.39. The van der Waals surface area contributed by atoms with Crippen LogP contribution in [0.15, 0.2) is 54.7 Å². The van der Waals surface area contributed by atoms with Crippen molar-refractivity contribution in [3.63, 3.8) is 0 Å². The van der Waals surface area contributed by atoms with E-state index < -0.39 is 0 Å². The van der Waals surface area contributed by atoms with Gasteiger partial charge in [0.15, 0.2) is 10.9 Å². The first-order chi connectivity index (χ1) is 12.0. The molecule has 0 bridgehead atoms. The molecule has 1 heterocycles. The zero-order valence-electron chi connectivity index (χ0n) is 14.7. The molecule has 0 spiro atoms. The van der Waals surface area contributed by atoms with E-state index >= 15 is 0 Å². The predicted octanol–water partition coefficient (Wildman–Crippen LogP) is 4.67. The molecular weight excluding hydrogens is 328 g/mol. The lowest BCUT2D eigenvalue weighted by Gasteiger charge is -2.10. The molecule has 25 heavy (non-hydrogen) atoms. The lowest BCUT2D eigenvalue weighted by Crippen LogP contribution is -2.19. The number of hydrogen-bond donors (Lipinski definition) is 2. The number of aryl methyl sites for hydroxylation is 3. The summed E-state index contributed by atoms with van der Waals surface area (Å²) in [6.07, 6.45) is 1.95. The smallest absolute Gasteiger partial charge is 0.176 e. The molecule has 0 aliphatic heterocycles. The number of nitrogens with zero attached hydrogens (tertiary/aromatic N) is 2. The normalized spacial score (nSPS) is 10.5. The molecule has 0 saturated heterocycles. The van der Waals surface area contributed by atoms with Gasteiger partial charge in [0.1, 0.15) is 0 Å². The van der Waals surface area contributed by atoms with Gasteiger partial charge >= 0.3 is 0 Å². The van der Waals surface area contributed by atoms with Crippen LogP contribution in [0.25, 0.3) is 0 Å². The third kappa shape index (κ3) is 4.67. The van der Waals surface area contributed by atoms with Gasteiger partial charge in [-0.1, -0.05) is 30.3 Å². The highest BCUT2D eigenvalue weighted by molar-refractivity contribution is 7.80. The maximum absolute atomic E-state index is 5.39. The zero-order valence-corrected chi connectivity index (χ0v) is 15.5. The summed E-state index contributed by atoms with van der Waals surface area (Å²) in [4.78, 5) is 0. The maximum Gasteiger partial charge on any atom is 0.176 e. The van der Waals surface area contributed by atoms with Crippen LogP contribution < -0.4 is 10.6 Å². The van der Waals surface area contributed by atoms with Gasteiger partial charge in [0.25, 0.3) is 0 Å². The molecule has 0 aliphatic carbocycles. The monoisotopic (exact) mass is 350 g/mol. The van der Waals surface area contributed by atoms with Crippen LogP contribution in [0.1, 0.15) is 22.3 Å². The second-order valence-corrected chi connectivity index (χ2v) is 6.69. The van der Waals surface area contributed by atoms with Crippen LogP contribution in [-0.4, -0.2) is 14.9 Å². The Morgan fingerprint density at radius 2 is 1.72 bits per heavy atom. The summed E-state index contributed by atoms with van der Waals surface area (Å²) in [7, 11) is 0. The third-order valence-corrected chi connectivity index (χ3v) is 4.16. The van der Waals surface area contributed by atoms with Crippen molar-refractivity contribution in [1.29, 1.82) is 0 Å². The fourth-order valence-electron chi connectivity index (χ4n) is 2.80. The summed E-state index contributed by atoms with van der Waals surface area (Å²) < 4.78 is 1.91. The van der Waals surface area contributed by atoms with Crippen molar-refractivity contribution in [2.75, 3.05) is 10.6 Å². The van der Waals surface area contributed by atoms with Crippen LogP contribution in [0.3, 0.4) is 0 Å². The minimum absolute atomic E-state index is 0.533. The molecule has 0 radical (unpaired) electrons. The summed E-state index contributed by atoms with van der Waals surface area (Å²) in [5.74, 6) is 0.732. The van der Waals surface area contributed by atoms with E-state index in [2.05, 4.69) is 66.8 Å². The first kappa shape index (κ1) is 17.2. The predicted molar refractivity (Wildman–Crippen MR) is 108 cm³/mol. The number of aromatic nitrogens is 2. The first-order valence-electron chi connectivity index (χ1n) is 8.24. The number of hydrogen-bond acceptors (Lipinski definition) is 2. The SMILES string of the molecule is Cc1cc(C)cc(NC(=S)Nc2ccn(Cc3ccccc3C)n2)c1. The molecule has 3 aromatic rings. The average molecular weight is 350 g/mol. The van der Waals surface area contributed by atoms with Crippen LogP contribution in [0, 0.1) is 20.8 Å². The van der Waals surface area contributed by atoms with Gasteiger partial charge in [0, 0.05) is 18.0 Å². The van der Waals surface area contributed by atoms with Gasteiger partial charge in [0.05, 0.1) is 6.54 Å². The molecule has 0 unspecified atom stereocenters. The number of nitrogens with one attached hydrogen (secondary N) is 2. The van der Waals surface area contributed by atoms with Gasteiger partial charge < -0.3 is 10.6 Å². The van der Waals surface area contributed by atoms with Gasteiger partial charge in [-0.25, -0.2) is 0 Å². The van der Waals surface area contributed by atoms with E-state index in [1.165, 1.54) is 22.3 Å². The standard InChI is InChI=1S/C20H22N4S/c1-14-10-15(2)12-18(11-14)21-20(25)22-19-8-9-24(23-19)13-17-7-5-4-6-16(17)3/h4-12H,13H2,1-3H3,(H2,21,22,23,25). The van der Waals surface area contributed by atoms with Crippen molar-refractivity contribution in [2.24, 2.45) is 0 Å². The van der Waals surface area contributed by atoms with Crippen LogP contribution in [0.5, 0.6) is 0 Å². The van der Waals surface area contributed by atoms with Crippen LogP contribution >= 0.6 is 12.2 Å². The third-order valence-electron chi connectivity index (χ3n) is 3.96. The van der Waals surface area contributed by atoms with Gasteiger partial charge in [-0.3, -0.25) is 4.68 Å². The largest absolute Gasteiger partial charge is 0.332 e. The molecule has 0 atom stereocenters. The molecule has 0 saturated carbocycles. The zero-order chi connectivity index (χ0) is 17.8. The van der Waals surface area contributed by atoms with Crippen molar-refractivity contribution >= 4 is 28.8 Å². The van der Waals surface area contributed by atoms with Gasteiger partial charge in [-0.15, -0.1) is 0 Å². The molecule has 2 aromatic carbocycles. The Kier molecular flexibility index (Phi) is 5.14. The molecule has 1 aromatic heterocycles.